The van der Waals surface area contributed by atoms with E-state index in [0.29, 0.717) is 0 Å². The fourth-order valence-electron chi connectivity index (χ4n) is 3.02. The van der Waals surface area contributed by atoms with Crippen molar-refractivity contribution in [3.05, 3.63) is 47.4 Å². The standard InChI is InChI=1S/C17H20N2O4S/c1-11-9-13-7-5-6-8-14(13)19(11)17(20)15-10-16(12(2)23-15)24(21,22)18(3)4/h5-8,10-11H,9H2,1-4H3/t11-/m0/s1. The van der Waals surface area contributed by atoms with E-state index in [1.165, 1.54) is 20.2 Å². The molecule has 1 atom stereocenters. The van der Waals surface area contributed by atoms with Crippen molar-refractivity contribution < 1.29 is 17.6 Å². The number of aryl methyl sites for hydroxylation is 1. The second kappa shape index (κ2) is 5.75. The van der Waals surface area contributed by atoms with Gasteiger partial charge in [0.1, 0.15) is 10.7 Å². The first-order valence-corrected chi connectivity index (χ1v) is 9.12. The van der Waals surface area contributed by atoms with E-state index >= 15 is 0 Å². The Balaban J connectivity index is 2.01. The number of benzene rings is 1. The van der Waals surface area contributed by atoms with Gasteiger partial charge in [0.05, 0.1) is 0 Å². The number of carbonyl (C=O) groups is 1. The van der Waals surface area contributed by atoms with Crippen molar-refractivity contribution >= 4 is 21.6 Å². The SMILES string of the molecule is Cc1oc(C(=O)N2c3ccccc3C[C@@H]2C)cc1S(=O)(=O)N(C)C. The summed E-state index contributed by atoms with van der Waals surface area (Å²) in [4.78, 5) is 14.6. The summed E-state index contributed by atoms with van der Waals surface area (Å²) >= 11 is 0. The van der Waals surface area contributed by atoms with E-state index in [1.807, 2.05) is 31.2 Å². The highest BCUT2D eigenvalue weighted by atomic mass is 32.2. The molecule has 2 heterocycles. The van der Waals surface area contributed by atoms with Crippen molar-refractivity contribution in [3.8, 4) is 0 Å². The molecule has 3 rings (SSSR count). The molecule has 0 radical (unpaired) electrons. The molecule has 0 spiro atoms. The maximum absolute atomic E-state index is 12.9. The third kappa shape index (κ3) is 2.53. The van der Waals surface area contributed by atoms with Gasteiger partial charge in [0.25, 0.3) is 5.91 Å². The van der Waals surface area contributed by atoms with E-state index < -0.39 is 10.0 Å². The molecule has 24 heavy (non-hydrogen) atoms. The van der Waals surface area contributed by atoms with Gasteiger partial charge in [-0.25, -0.2) is 12.7 Å². The normalized spacial score (nSPS) is 17.4. The van der Waals surface area contributed by atoms with Gasteiger partial charge in [0.2, 0.25) is 10.0 Å². The number of carbonyl (C=O) groups excluding carboxylic acids is 1. The molecule has 0 bridgehead atoms. The zero-order chi connectivity index (χ0) is 17.6. The Kier molecular flexibility index (Phi) is 4.01. The van der Waals surface area contributed by atoms with E-state index in [4.69, 9.17) is 4.42 Å². The monoisotopic (exact) mass is 348 g/mol. The molecule has 128 valence electrons. The molecule has 2 aromatic rings. The summed E-state index contributed by atoms with van der Waals surface area (Å²) in [5.41, 5.74) is 1.95. The Morgan fingerprint density at radius 3 is 2.62 bits per heavy atom. The van der Waals surface area contributed by atoms with Gasteiger partial charge in [0, 0.05) is 31.9 Å². The predicted molar refractivity (Wildman–Crippen MR) is 90.7 cm³/mol. The maximum atomic E-state index is 12.9. The third-order valence-corrected chi connectivity index (χ3v) is 6.19. The van der Waals surface area contributed by atoms with Crippen LogP contribution in [0.5, 0.6) is 0 Å². The smallest absolute Gasteiger partial charge is 0.294 e. The van der Waals surface area contributed by atoms with Crippen molar-refractivity contribution in [2.45, 2.75) is 31.2 Å². The summed E-state index contributed by atoms with van der Waals surface area (Å²) < 4.78 is 31.2. The molecule has 1 aliphatic rings. The number of anilines is 1. The molecule has 7 heteroatoms. The van der Waals surface area contributed by atoms with Crippen molar-refractivity contribution in [1.29, 1.82) is 0 Å². The molecule has 0 N–H and O–H groups in total. The number of sulfonamides is 1. The first-order valence-electron chi connectivity index (χ1n) is 7.68. The number of hydrogen-bond donors (Lipinski definition) is 0. The van der Waals surface area contributed by atoms with Crippen LogP contribution in [0.3, 0.4) is 0 Å². The van der Waals surface area contributed by atoms with Crippen LogP contribution < -0.4 is 4.90 Å². The van der Waals surface area contributed by atoms with Gasteiger partial charge < -0.3 is 9.32 Å². The lowest BCUT2D eigenvalue weighted by atomic mass is 10.1. The minimum atomic E-state index is -3.65. The van der Waals surface area contributed by atoms with Gasteiger partial charge in [-0.15, -0.1) is 0 Å². The van der Waals surface area contributed by atoms with Crippen LogP contribution in [-0.4, -0.2) is 38.8 Å². The average Bonchev–Trinajstić information content (AvgIpc) is 3.06. The zero-order valence-corrected chi connectivity index (χ0v) is 14.9. The Hall–Kier alpha value is -2.12. The summed E-state index contributed by atoms with van der Waals surface area (Å²) in [5, 5.41) is 0. The molecule has 6 nitrogen and oxygen atoms in total. The molecule has 0 unspecified atom stereocenters. The van der Waals surface area contributed by atoms with Crippen LogP contribution >= 0.6 is 0 Å². The molecule has 1 aromatic carbocycles. The minimum Gasteiger partial charge on any atom is -0.455 e. The molecule has 0 saturated carbocycles. The van der Waals surface area contributed by atoms with Gasteiger partial charge in [-0.05, 0) is 31.9 Å². The second-order valence-corrected chi connectivity index (χ2v) is 8.30. The number of amides is 1. The molecule has 1 amide bonds. The van der Waals surface area contributed by atoms with Gasteiger partial charge in [-0.2, -0.15) is 0 Å². The molecular weight excluding hydrogens is 328 g/mol. The van der Waals surface area contributed by atoms with Crippen LogP contribution in [0, 0.1) is 6.92 Å². The van der Waals surface area contributed by atoms with E-state index in [-0.39, 0.29) is 28.4 Å². The fraction of sp³-hybridized carbons (Fsp3) is 0.353. The van der Waals surface area contributed by atoms with Crippen LogP contribution in [0.15, 0.2) is 39.6 Å². The third-order valence-electron chi connectivity index (χ3n) is 4.27. The van der Waals surface area contributed by atoms with E-state index in [1.54, 1.807) is 11.8 Å². The topological polar surface area (TPSA) is 70.8 Å². The first kappa shape index (κ1) is 16.7. The van der Waals surface area contributed by atoms with Crippen LogP contribution in [0.2, 0.25) is 0 Å². The lowest BCUT2D eigenvalue weighted by Gasteiger charge is -2.21. The average molecular weight is 348 g/mol. The van der Waals surface area contributed by atoms with Crippen molar-refractivity contribution in [3.63, 3.8) is 0 Å². The van der Waals surface area contributed by atoms with Crippen LogP contribution in [-0.2, 0) is 16.4 Å². The number of furan rings is 1. The summed E-state index contributed by atoms with van der Waals surface area (Å²) in [6.07, 6.45) is 0.768. The second-order valence-electron chi connectivity index (χ2n) is 6.18. The molecule has 0 aliphatic carbocycles. The predicted octanol–water partition coefficient (Wildman–Crippen LogP) is 2.43. The van der Waals surface area contributed by atoms with Crippen molar-refractivity contribution in [1.82, 2.24) is 4.31 Å². The molecule has 0 fully saturated rings. The van der Waals surface area contributed by atoms with Gasteiger partial charge in [-0.3, -0.25) is 4.79 Å². The summed E-state index contributed by atoms with van der Waals surface area (Å²) in [6.45, 7) is 3.51. The molecule has 1 aliphatic heterocycles. The van der Waals surface area contributed by atoms with Crippen LogP contribution in [0.4, 0.5) is 5.69 Å². The Morgan fingerprint density at radius 2 is 1.96 bits per heavy atom. The van der Waals surface area contributed by atoms with Crippen molar-refractivity contribution in [2.24, 2.45) is 0 Å². The summed E-state index contributed by atoms with van der Waals surface area (Å²) in [7, 11) is -0.756. The maximum Gasteiger partial charge on any atom is 0.294 e. The van der Waals surface area contributed by atoms with Crippen LogP contribution in [0.25, 0.3) is 0 Å². The highest BCUT2D eigenvalue weighted by molar-refractivity contribution is 7.89. The number of nitrogens with zero attached hydrogens (tertiary/aromatic N) is 2. The van der Waals surface area contributed by atoms with E-state index in [9.17, 15) is 13.2 Å². The quantitative estimate of drug-likeness (QED) is 0.854. The number of hydrogen-bond acceptors (Lipinski definition) is 4. The van der Waals surface area contributed by atoms with Crippen molar-refractivity contribution in [2.75, 3.05) is 19.0 Å². The highest BCUT2D eigenvalue weighted by Crippen LogP contribution is 2.34. The zero-order valence-electron chi connectivity index (χ0n) is 14.1. The molecule has 1 aromatic heterocycles. The Labute approximate surface area is 141 Å². The summed E-state index contributed by atoms with van der Waals surface area (Å²) in [6, 6.07) is 9.03. The van der Waals surface area contributed by atoms with Crippen LogP contribution in [0.1, 0.15) is 28.8 Å². The number of rotatable bonds is 3. The lowest BCUT2D eigenvalue weighted by Crippen LogP contribution is -2.35. The van der Waals surface area contributed by atoms with Gasteiger partial charge >= 0.3 is 0 Å². The molecular formula is C17H20N2O4S. The Morgan fingerprint density at radius 1 is 1.29 bits per heavy atom. The number of para-hydroxylation sites is 1. The highest BCUT2D eigenvalue weighted by Gasteiger charge is 2.34. The van der Waals surface area contributed by atoms with Gasteiger partial charge in [-0.1, -0.05) is 18.2 Å². The molecule has 0 saturated heterocycles. The first-order chi connectivity index (χ1) is 11.2. The van der Waals surface area contributed by atoms with E-state index in [2.05, 4.69) is 0 Å². The summed E-state index contributed by atoms with van der Waals surface area (Å²) in [5.74, 6) is -0.0700. The minimum absolute atomic E-state index is 0.00536. The lowest BCUT2D eigenvalue weighted by molar-refractivity contribution is 0.0953. The van der Waals surface area contributed by atoms with Gasteiger partial charge in [0.15, 0.2) is 5.76 Å². The largest absolute Gasteiger partial charge is 0.455 e. The fourth-order valence-corrected chi connectivity index (χ4v) is 4.07. The Bertz CT molecular complexity index is 899. The van der Waals surface area contributed by atoms with E-state index in [0.717, 1.165) is 22.0 Å². The number of fused-ring (bicyclic) bond motifs is 1.